The Morgan fingerprint density at radius 3 is 2.95 bits per heavy atom. The van der Waals surface area contributed by atoms with Crippen LogP contribution in [0.15, 0.2) is 18.3 Å². The third-order valence-corrected chi connectivity index (χ3v) is 3.25. The second-order valence-corrected chi connectivity index (χ2v) is 6.07. The molecule has 0 aliphatic carbocycles. The van der Waals surface area contributed by atoms with Crippen LogP contribution in [0.4, 0.5) is 10.6 Å². The van der Waals surface area contributed by atoms with Gasteiger partial charge in [0.05, 0.1) is 6.04 Å². The smallest absolute Gasteiger partial charge is 0.413 e. The summed E-state index contributed by atoms with van der Waals surface area (Å²) in [5.74, 6) is 0.450. The van der Waals surface area contributed by atoms with Gasteiger partial charge in [-0.2, -0.15) is 0 Å². The SMILES string of the molecule is CC(C)(C)OC(=O)Nc1ncccc1[C@H]1CCCN1C=O. The van der Waals surface area contributed by atoms with Crippen LogP contribution in [0, 0.1) is 0 Å². The van der Waals surface area contributed by atoms with Crippen molar-refractivity contribution in [3.05, 3.63) is 23.9 Å². The van der Waals surface area contributed by atoms with Gasteiger partial charge in [-0.05, 0) is 39.7 Å². The first-order valence-electron chi connectivity index (χ1n) is 7.06. The number of carbonyl (C=O) groups excluding carboxylic acids is 2. The zero-order chi connectivity index (χ0) is 15.5. The van der Waals surface area contributed by atoms with Crippen molar-refractivity contribution in [1.82, 2.24) is 9.88 Å². The van der Waals surface area contributed by atoms with Crippen LogP contribution >= 0.6 is 0 Å². The summed E-state index contributed by atoms with van der Waals surface area (Å²) < 4.78 is 5.24. The Kier molecular flexibility index (Phi) is 4.45. The molecule has 2 heterocycles. The molecule has 21 heavy (non-hydrogen) atoms. The standard InChI is InChI=1S/C15H21N3O3/c1-15(2,3)21-14(20)17-13-11(6-4-8-16-13)12-7-5-9-18(12)10-19/h4,6,8,10,12H,5,7,9H2,1-3H3,(H,16,17,20)/t12-/m1/s1. The number of rotatable bonds is 3. The van der Waals surface area contributed by atoms with Crippen molar-refractivity contribution in [2.24, 2.45) is 0 Å². The van der Waals surface area contributed by atoms with E-state index < -0.39 is 11.7 Å². The quantitative estimate of drug-likeness (QED) is 0.869. The summed E-state index contributed by atoms with van der Waals surface area (Å²) in [7, 11) is 0. The minimum Gasteiger partial charge on any atom is -0.444 e. The highest BCUT2D eigenvalue weighted by atomic mass is 16.6. The van der Waals surface area contributed by atoms with E-state index in [9.17, 15) is 9.59 Å². The summed E-state index contributed by atoms with van der Waals surface area (Å²) >= 11 is 0. The molecule has 6 nitrogen and oxygen atoms in total. The highest BCUT2D eigenvalue weighted by Crippen LogP contribution is 2.33. The molecule has 2 rings (SSSR count). The van der Waals surface area contributed by atoms with E-state index in [2.05, 4.69) is 10.3 Å². The van der Waals surface area contributed by atoms with Crippen molar-refractivity contribution in [3.8, 4) is 0 Å². The Bertz CT molecular complexity index is 525. The van der Waals surface area contributed by atoms with E-state index in [-0.39, 0.29) is 6.04 Å². The Balaban J connectivity index is 2.17. The molecular formula is C15H21N3O3. The normalized spacial score (nSPS) is 18.4. The van der Waals surface area contributed by atoms with Crippen LogP contribution < -0.4 is 5.32 Å². The molecule has 114 valence electrons. The van der Waals surface area contributed by atoms with Gasteiger partial charge in [0.25, 0.3) is 0 Å². The predicted octanol–water partition coefficient (Wildman–Crippen LogP) is 2.72. The van der Waals surface area contributed by atoms with Crippen LogP contribution in [0.5, 0.6) is 0 Å². The van der Waals surface area contributed by atoms with E-state index in [1.807, 2.05) is 6.07 Å². The maximum absolute atomic E-state index is 11.9. The number of likely N-dealkylation sites (tertiary alicyclic amines) is 1. The number of hydrogen-bond acceptors (Lipinski definition) is 4. The van der Waals surface area contributed by atoms with Crippen molar-refractivity contribution in [3.63, 3.8) is 0 Å². The van der Waals surface area contributed by atoms with E-state index in [1.165, 1.54) is 0 Å². The Hall–Kier alpha value is -2.11. The van der Waals surface area contributed by atoms with E-state index in [0.29, 0.717) is 5.82 Å². The highest BCUT2D eigenvalue weighted by molar-refractivity contribution is 5.84. The molecule has 0 unspecified atom stereocenters. The van der Waals surface area contributed by atoms with Gasteiger partial charge in [-0.15, -0.1) is 0 Å². The lowest BCUT2D eigenvalue weighted by molar-refractivity contribution is -0.118. The summed E-state index contributed by atoms with van der Waals surface area (Å²) in [6, 6.07) is 3.64. The molecule has 1 saturated heterocycles. The second kappa shape index (κ2) is 6.11. The fraction of sp³-hybridized carbons (Fsp3) is 0.533. The Morgan fingerprint density at radius 1 is 1.52 bits per heavy atom. The fourth-order valence-corrected chi connectivity index (χ4v) is 2.44. The van der Waals surface area contributed by atoms with Crippen molar-refractivity contribution in [2.75, 3.05) is 11.9 Å². The van der Waals surface area contributed by atoms with Gasteiger partial charge in [0.15, 0.2) is 0 Å². The summed E-state index contributed by atoms with van der Waals surface area (Å²) in [4.78, 5) is 28.9. The van der Waals surface area contributed by atoms with Crippen LogP contribution in [0.3, 0.4) is 0 Å². The summed E-state index contributed by atoms with van der Waals surface area (Å²) in [5.41, 5.74) is 0.272. The van der Waals surface area contributed by atoms with Crippen LogP contribution in [0.1, 0.15) is 45.2 Å². The number of carbonyl (C=O) groups is 2. The number of amides is 2. The van der Waals surface area contributed by atoms with Gasteiger partial charge in [-0.25, -0.2) is 9.78 Å². The van der Waals surface area contributed by atoms with E-state index in [4.69, 9.17) is 4.74 Å². The molecule has 1 aromatic rings. The Morgan fingerprint density at radius 2 is 2.29 bits per heavy atom. The lowest BCUT2D eigenvalue weighted by Gasteiger charge is -2.23. The van der Waals surface area contributed by atoms with Crippen molar-refractivity contribution in [1.29, 1.82) is 0 Å². The average Bonchev–Trinajstić information content (AvgIpc) is 2.85. The topological polar surface area (TPSA) is 71.5 Å². The first-order chi connectivity index (χ1) is 9.90. The maximum atomic E-state index is 11.9. The lowest BCUT2D eigenvalue weighted by Crippen LogP contribution is -2.28. The number of nitrogens with zero attached hydrogens (tertiary/aromatic N) is 2. The summed E-state index contributed by atoms with van der Waals surface area (Å²) in [5, 5.41) is 2.67. The molecule has 1 atom stereocenters. The summed E-state index contributed by atoms with van der Waals surface area (Å²) in [6.45, 7) is 6.14. The van der Waals surface area contributed by atoms with Gasteiger partial charge in [0.1, 0.15) is 11.4 Å². The van der Waals surface area contributed by atoms with Crippen LogP contribution in [0.2, 0.25) is 0 Å². The number of nitrogens with one attached hydrogen (secondary N) is 1. The monoisotopic (exact) mass is 291 g/mol. The van der Waals surface area contributed by atoms with Gasteiger partial charge in [0.2, 0.25) is 6.41 Å². The number of aromatic nitrogens is 1. The third-order valence-electron chi connectivity index (χ3n) is 3.25. The molecule has 0 saturated carbocycles. The Labute approximate surface area is 124 Å². The van der Waals surface area contributed by atoms with Crippen molar-refractivity contribution >= 4 is 18.3 Å². The first-order valence-corrected chi connectivity index (χ1v) is 7.06. The van der Waals surface area contributed by atoms with E-state index in [0.717, 1.165) is 31.4 Å². The molecule has 6 heteroatoms. The molecule has 0 aromatic carbocycles. The molecule has 1 aromatic heterocycles. The largest absolute Gasteiger partial charge is 0.444 e. The van der Waals surface area contributed by atoms with Crippen molar-refractivity contribution < 1.29 is 14.3 Å². The second-order valence-electron chi connectivity index (χ2n) is 6.07. The fourth-order valence-electron chi connectivity index (χ4n) is 2.44. The number of hydrogen-bond donors (Lipinski definition) is 1. The lowest BCUT2D eigenvalue weighted by atomic mass is 10.1. The third kappa shape index (κ3) is 3.93. The van der Waals surface area contributed by atoms with Gasteiger partial charge >= 0.3 is 6.09 Å². The molecular weight excluding hydrogens is 270 g/mol. The number of ether oxygens (including phenoxy) is 1. The van der Waals surface area contributed by atoms with Gasteiger partial charge in [0, 0.05) is 18.3 Å². The zero-order valence-corrected chi connectivity index (χ0v) is 12.6. The van der Waals surface area contributed by atoms with E-state index >= 15 is 0 Å². The molecule has 1 N–H and O–H groups in total. The molecule has 0 spiro atoms. The van der Waals surface area contributed by atoms with Crippen LogP contribution in [-0.2, 0) is 9.53 Å². The van der Waals surface area contributed by atoms with Crippen LogP contribution in [0.25, 0.3) is 0 Å². The zero-order valence-electron chi connectivity index (χ0n) is 12.6. The molecule has 1 fully saturated rings. The minimum absolute atomic E-state index is 0.0406. The van der Waals surface area contributed by atoms with E-state index in [1.54, 1.807) is 37.9 Å². The minimum atomic E-state index is -0.568. The molecule has 1 aliphatic heterocycles. The average molecular weight is 291 g/mol. The van der Waals surface area contributed by atoms with Crippen molar-refractivity contribution in [2.45, 2.75) is 45.3 Å². The van der Waals surface area contributed by atoms with Gasteiger partial charge in [-0.3, -0.25) is 10.1 Å². The molecule has 1 aliphatic rings. The number of pyridine rings is 1. The molecule has 0 radical (unpaired) electrons. The molecule has 2 amide bonds. The first kappa shape index (κ1) is 15.3. The highest BCUT2D eigenvalue weighted by Gasteiger charge is 2.28. The predicted molar refractivity (Wildman–Crippen MR) is 78.8 cm³/mol. The molecule has 0 bridgehead atoms. The summed E-state index contributed by atoms with van der Waals surface area (Å²) in [6.07, 6.45) is 3.73. The van der Waals surface area contributed by atoms with Crippen LogP contribution in [-0.4, -0.2) is 34.5 Å². The van der Waals surface area contributed by atoms with Gasteiger partial charge in [-0.1, -0.05) is 6.07 Å². The maximum Gasteiger partial charge on any atom is 0.413 e. The van der Waals surface area contributed by atoms with Gasteiger partial charge < -0.3 is 9.64 Å². The number of anilines is 1.